The fourth-order valence-electron chi connectivity index (χ4n) is 3.39. The monoisotopic (exact) mass is 375 g/mol. The molecule has 1 fully saturated rings. The largest absolute Gasteiger partial charge is 0.333 e. The molecule has 0 N–H and O–H groups in total. The zero-order chi connectivity index (χ0) is 19.5. The molecule has 144 valence electrons. The summed E-state index contributed by atoms with van der Waals surface area (Å²) < 4.78 is 1.65. The molecule has 28 heavy (non-hydrogen) atoms. The van der Waals surface area contributed by atoms with E-state index in [4.69, 9.17) is 0 Å². The Hall–Kier alpha value is -2.99. The highest BCUT2D eigenvalue weighted by Crippen LogP contribution is 2.12. The average Bonchev–Trinajstić information content (AvgIpc) is 3.20. The standard InChI is InChI=1S/C22H25N5O/c1-17-3-7-19(8-4-17)15-25-11-13-26(14-12-25)22(28)21-23-16-27(24-21)20-9-5-18(2)6-10-20/h3-10,16H,11-15H2,1-2H3. The number of carbonyl (C=O) groups excluding carboxylic acids is 1. The fourth-order valence-corrected chi connectivity index (χ4v) is 3.39. The van der Waals surface area contributed by atoms with Gasteiger partial charge in [0.1, 0.15) is 6.33 Å². The highest BCUT2D eigenvalue weighted by atomic mass is 16.2. The van der Waals surface area contributed by atoms with E-state index in [1.165, 1.54) is 16.7 Å². The summed E-state index contributed by atoms with van der Waals surface area (Å²) in [5, 5.41) is 4.38. The lowest BCUT2D eigenvalue weighted by Gasteiger charge is -2.34. The molecule has 0 atom stereocenters. The van der Waals surface area contributed by atoms with Crippen LogP contribution in [0.3, 0.4) is 0 Å². The molecule has 0 unspecified atom stereocenters. The van der Waals surface area contributed by atoms with E-state index in [9.17, 15) is 4.79 Å². The van der Waals surface area contributed by atoms with Gasteiger partial charge in [-0.2, -0.15) is 0 Å². The van der Waals surface area contributed by atoms with E-state index in [0.29, 0.717) is 13.1 Å². The van der Waals surface area contributed by atoms with Gasteiger partial charge in [-0.25, -0.2) is 9.67 Å². The van der Waals surface area contributed by atoms with E-state index in [0.717, 1.165) is 25.3 Å². The Morgan fingerprint density at radius 3 is 2.14 bits per heavy atom. The Morgan fingerprint density at radius 1 is 0.893 bits per heavy atom. The molecule has 2 aromatic carbocycles. The van der Waals surface area contributed by atoms with Crippen LogP contribution in [-0.4, -0.2) is 56.7 Å². The van der Waals surface area contributed by atoms with Crippen molar-refractivity contribution in [1.29, 1.82) is 0 Å². The molecule has 0 spiro atoms. The molecule has 4 rings (SSSR count). The van der Waals surface area contributed by atoms with Crippen molar-refractivity contribution >= 4 is 5.91 Å². The van der Waals surface area contributed by atoms with E-state index in [1.807, 2.05) is 36.1 Å². The van der Waals surface area contributed by atoms with Crippen LogP contribution < -0.4 is 0 Å². The van der Waals surface area contributed by atoms with Gasteiger partial charge in [0.15, 0.2) is 0 Å². The number of aromatic nitrogens is 3. The van der Waals surface area contributed by atoms with E-state index in [-0.39, 0.29) is 11.7 Å². The molecule has 0 bridgehead atoms. The Kier molecular flexibility index (Phi) is 5.21. The zero-order valence-corrected chi connectivity index (χ0v) is 16.4. The Bertz CT molecular complexity index is 938. The molecule has 1 aliphatic heterocycles. The van der Waals surface area contributed by atoms with Crippen LogP contribution in [0, 0.1) is 13.8 Å². The highest BCUT2D eigenvalue weighted by molar-refractivity contribution is 5.90. The molecule has 0 saturated carbocycles. The number of rotatable bonds is 4. The second kappa shape index (κ2) is 7.94. The summed E-state index contributed by atoms with van der Waals surface area (Å²) in [4.78, 5) is 21.2. The van der Waals surface area contributed by atoms with Crippen molar-refractivity contribution < 1.29 is 4.79 Å². The molecule has 3 aromatic rings. The predicted octanol–water partition coefficient (Wildman–Crippen LogP) is 2.84. The van der Waals surface area contributed by atoms with E-state index in [1.54, 1.807) is 11.0 Å². The molecule has 6 heteroatoms. The van der Waals surface area contributed by atoms with Crippen LogP contribution in [-0.2, 0) is 6.54 Å². The SMILES string of the molecule is Cc1ccc(CN2CCN(C(=O)c3ncn(-c4ccc(C)cc4)n3)CC2)cc1. The summed E-state index contributed by atoms with van der Waals surface area (Å²) in [6, 6.07) is 16.6. The molecule has 0 radical (unpaired) electrons. The highest BCUT2D eigenvalue weighted by Gasteiger charge is 2.24. The van der Waals surface area contributed by atoms with Crippen LogP contribution in [0.25, 0.3) is 5.69 Å². The fraction of sp³-hybridized carbons (Fsp3) is 0.318. The Balaban J connectivity index is 1.35. The normalized spacial score (nSPS) is 15.0. The number of aryl methyl sites for hydroxylation is 2. The summed E-state index contributed by atoms with van der Waals surface area (Å²) in [5.74, 6) is 0.161. The lowest BCUT2D eigenvalue weighted by atomic mass is 10.1. The van der Waals surface area contributed by atoms with Crippen LogP contribution in [0.1, 0.15) is 27.3 Å². The second-order valence-electron chi connectivity index (χ2n) is 7.40. The third kappa shape index (κ3) is 4.12. The number of hydrogen-bond acceptors (Lipinski definition) is 4. The van der Waals surface area contributed by atoms with Crippen molar-refractivity contribution in [3.63, 3.8) is 0 Å². The van der Waals surface area contributed by atoms with Gasteiger partial charge < -0.3 is 4.90 Å². The minimum absolute atomic E-state index is 0.0964. The van der Waals surface area contributed by atoms with E-state index < -0.39 is 0 Å². The van der Waals surface area contributed by atoms with Gasteiger partial charge in [-0.15, -0.1) is 5.10 Å². The van der Waals surface area contributed by atoms with Crippen LogP contribution in [0.5, 0.6) is 0 Å². The van der Waals surface area contributed by atoms with E-state index in [2.05, 4.69) is 46.2 Å². The minimum atomic E-state index is -0.0964. The third-order valence-corrected chi connectivity index (χ3v) is 5.17. The van der Waals surface area contributed by atoms with Gasteiger partial charge in [-0.05, 0) is 31.5 Å². The van der Waals surface area contributed by atoms with E-state index >= 15 is 0 Å². The lowest BCUT2D eigenvalue weighted by Crippen LogP contribution is -2.48. The first-order chi connectivity index (χ1) is 13.6. The average molecular weight is 375 g/mol. The maximum atomic E-state index is 12.8. The van der Waals surface area contributed by atoms with Gasteiger partial charge in [-0.1, -0.05) is 47.5 Å². The van der Waals surface area contributed by atoms with Crippen molar-refractivity contribution in [3.05, 3.63) is 77.4 Å². The quantitative estimate of drug-likeness (QED) is 0.704. The maximum absolute atomic E-state index is 12.8. The predicted molar refractivity (Wildman–Crippen MR) is 108 cm³/mol. The molecule has 0 aliphatic carbocycles. The van der Waals surface area contributed by atoms with Crippen molar-refractivity contribution in [2.45, 2.75) is 20.4 Å². The first-order valence-corrected chi connectivity index (χ1v) is 9.64. The van der Waals surface area contributed by atoms with Gasteiger partial charge in [0, 0.05) is 32.7 Å². The minimum Gasteiger partial charge on any atom is -0.333 e. The van der Waals surface area contributed by atoms with Crippen molar-refractivity contribution in [2.24, 2.45) is 0 Å². The van der Waals surface area contributed by atoms with Crippen LogP contribution in [0.2, 0.25) is 0 Å². The van der Waals surface area contributed by atoms with Gasteiger partial charge in [0.05, 0.1) is 5.69 Å². The molecule has 6 nitrogen and oxygen atoms in total. The smallest absolute Gasteiger partial charge is 0.293 e. The first-order valence-electron chi connectivity index (χ1n) is 9.64. The number of carbonyl (C=O) groups is 1. The van der Waals surface area contributed by atoms with Gasteiger partial charge in [-0.3, -0.25) is 9.69 Å². The number of hydrogen-bond donors (Lipinski definition) is 0. The van der Waals surface area contributed by atoms with Crippen LogP contribution in [0.4, 0.5) is 0 Å². The van der Waals surface area contributed by atoms with Crippen molar-refractivity contribution in [3.8, 4) is 5.69 Å². The summed E-state index contributed by atoms with van der Waals surface area (Å²) in [6.45, 7) is 8.17. The number of benzene rings is 2. The van der Waals surface area contributed by atoms with Crippen molar-refractivity contribution in [2.75, 3.05) is 26.2 Å². The molecular weight excluding hydrogens is 350 g/mol. The van der Waals surface area contributed by atoms with Gasteiger partial charge >= 0.3 is 0 Å². The van der Waals surface area contributed by atoms with Gasteiger partial charge in [0.25, 0.3) is 5.91 Å². The lowest BCUT2D eigenvalue weighted by molar-refractivity contribution is 0.0616. The Morgan fingerprint density at radius 2 is 1.50 bits per heavy atom. The van der Waals surface area contributed by atoms with Gasteiger partial charge in [0.2, 0.25) is 5.82 Å². The molecular formula is C22H25N5O. The summed E-state index contributed by atoms with van der Waals surface area (Å²) >= 11 is 0. The second-order valence-corrected chi connectivity index (χ2v) is 7.40. The summed E-state index contributed by atoms with van der Waals surface area (Å²) in [5.41, 5.74) is 4.67. The Labute approximate surface area is 165 Å². The molecule has 2 heterocycles. The zero-order valence-electron chi connectivity index (χ0n) is 16.4. The van der Waals surface area contributed by atoms with Crippen LogP contribution in [0.15, 0.2) is 54.9 Å². The molecule has 1 amide bonds. The number of amides is 1. The summed E-state index contributed by atoms with van der Waals surface area (Å²) in [6.07, 6.45) is 1.60. The van der Waals surface area contributed by atoms with Crippen molar-refractivity contribution in [1.82, 2.24) is 24.6 Å². The summed E-state index contributed by atoms with van der Waals surface area (Å²) in [7, 11) is 0. The first kappa shape index (κ1) is 18.4. The number of piperazine rings is 1. The molecule has 1 aliphatic rings. The third-order valence-electron chi connectivity index (χ3n) is 5.17. The van der Waals surface area contributed by atoms with Crippen LogP contribution >= 0.6 is 0 Å². The number of nitrogens with zero attached hydrogens (tertiary/aromatic N) is 5. The maximum Gasteiger partial charge on any atom is 0.293 e. The molecule has 1 aromatic heterocycles. The molecule has 1 saturated heterocycles. The topological polar surface area (TPSA) is 54.3 Å².